The average molecular weight is 373 g/mol. The van der Waals surface area contributed by atoms with E-state index in [1.807, 2.05) is 18.7 Å². The van der Waals surface area contributed by atoms with Gasteiger partial charge in [-0.2, -0.15) is 0 Å². The van der Waals surface area contributed by atoms with Crippen molar-refractivity contribution >= 4 is 23.4 Å². The summed E-state index contributed by atoms with van der Waals surface area (Å²) in [5.74, 6) is 0.633. The second-order valence-electron chi connectivity index (χ2n) is 6.99. The predicted molar refractivity (Wildman–Crippen MR) is 102 cm³/mol. The van der Waals surface area contributed by atoms with Crippen molar-refractivity contribution < 1.29 is 19.1 Å². The van der Waals surface area contributed by atoms with Crippen LogP contribution in [0.1, 0.15) is 43.5 Å². The fourth-order valence-electron chi connectivity index (χ4n) is 3.56. The Kier molecular flexibility index (Phi) is 5.98. The maximum Gasteiger partial charge on any atom is 0.254 e. The zero-order valence-electron chi connectivity index (χ0n) is 16.0. The number of hydrogen-bond donors (Lipinski definition) is 1. The van der Waals surface area contributed by atoms with Crippen LogP contribution in [-0.4, -0.2) is 60.3 Å². The van der Waals surface area contributed by atoms with Crippen LogP contribution in [0, 0.1) is 5.92 Å². The molecular weight excluding hydrogens is 346 g/mol. The Hall–Kier alpha value is -2.57. The molecule has 2 aliphatic rings. The second kappa shape index (κ2) is 8.41. The summed E-state index contributed by atoms with van der Waals surface area (Å²) in [5, 5.41) is 2.78. The van der Waals surface area contributed by atoms with Gasteiger partial charge >= 0.3 is 0 Å². The molecule has 0 unspecified atom stereocenters. The molecule has 0 aromatic heterocycles. The largest absolute Gasteiger partial charge is 0.491 e. The van der Waals surface area contributed by atoms with Gasteiger partial charge in [-0.15, -0.1) is 0 Å². The molecule has 3 rings (SSSR count). The van der Waals surface area contributed by atoms with E-state index in [9.17, 15) is 14.4 Å². The third-order valence-corrected chi connectivity index (χ3v) is 5.30. The molecule has 0 aliphatic carbocycles. The van der Waals surface area contributed by atoms with Crippen molar-refractivity contribution in [1.82, 2.24) is 9.80 Å². The van der Waals surface area contributed by atoms with Crippen LogP contribution in [0.2, 0.25) is 0 Å². The van der Waals surface area contributed by atoms with Gasteiger partial charge in [-0.1, -0.05) is 13.8 Å². The summed E-state index contributed by atoms with van der Waals surface area (Å²) in [4.78, 5) is 40.7. The lowest BCUT2D eigenvalue weighted by atomic mass is 10.0. The highest BCUT2D eigenvalue weighted by Gasteiger charge is 2.28. The van der Waals surface area contributed by atoms with Crippen LogP contribution >= 0.6 is 0 Å². The van der Waals surface area contributed by atoms with E-state index < -0.39 is 0 Å². The number of carbonyl (C=O) groups is 3. The summed E-state index contributed by atoms with van der Waals surface area (Å²) < 4.78 is 5.53. The Labute approximate surface area is 159 Å². The molecule has 0 spiro atoms. The standard InChI is InChI=1S/C20H27N3O4/c1-3-14(4-2)19(25)22-8-10-23(11-9-22)20(26)15-5-6-17-16(13-15)21-18(24)7-12-27-17/h5-6,13-14H,3-4,7-12H2,1-2H3,(H,21,24). The maximum absolute atomic E-state index is 12.8. The average Bonchev–Trinajstić information content (AvgIpc) is 2.88. The molecule has 3 amide bonds. The van der Waals surface area contributed by atoms with Crippen LogP contribution in [-0.2, 0) is 9.59 Å². The van der Waals surface area contributed by atoms with Gasteiger partial charge in [-0.05, 0) is 31.0 Å². The van der Waals surface area contributed by atoms with Gasteiger partial charge in [-0.25, -0.2) is 0 Å². The first-order valence-corrected chi connectivity index (χ1v) is 9.68. The van der Waals surface area contributed by atoms with Crippen molar-refractivity contribution in [2.45, 2.75) is 33.1 Å². The van der Waals surface area contributed by atoms with Crippen molar-refractivity contribution in [1.29, 1.82) is 0 Å². The van der Waals surface area contributed by atoms with Crippen molar-refractivity contribution in [2.75, 3.05) is 38.1 Å². The molecule has 146 valence electrons. The van der Waals surface area contributed by atoms with Crippen LogP contribution < -0.4 is 10.1 Å². The van der Waals surface area contributed by atoms with Crippen molar-refractivity contribution in [3.05, 3.63) is 23.8 Å². The molecular formula is C20H27N3O4. The van der Waals surface area contributed by atoms with Gasteiger partial charge in [0.05, 0.1) is 18.7 Å². The number of ether oxygens (including phenoxy) is 1. The molecule has 1 saturated heterocycles. The highest BCUT2D eigenvalue weighted by atomic mass is 16.5. The third-order valence-electron chi connectivity index (χ3n) is 5.30. The van der Waals surface area contributed by atoms with Crippen LogP contribution in [0.15, 0.2) is 18.2 Å². The molecule has 1 fully saturated rings. The van der Waals surface area contributed by atoms with Gasteiger partial charge in [0.25, 0.3) is 5.91 Å². The van der Waals surface area contributed by atoms with Crippen LogP contribution in [0.3, 0.4) is 0 Å². The molecule has 7 nitrogen and oxygen atoms in total. The number of nitrogens with one attached hydrogen (secondary N) is 1. The van der Waals surface area contributed by atoms with Crippen molar-refractivity contribution in [3.63, 3.8) is 0 Å². The number of piperazine rings is 1. The molecule has 2 heterocycles. The van der Waals surface area contributed by atoms with Crippen molar-refractivity contribution in [3.8, 4) is 5.75 Å². The first-order chi connectivity index (χ1) is 13.0. The Morgan fingerprint density at radius 1 is 1.11 bits per heavy atom. The van der Waals surface area contributed by atoms with Crippen LogP contribution in [0.4, 0.5) is 5.69 Å². The van der Waals surface area contributed by atoms with E-state index in [0.29, 0.717) is 56.2 Å². The number of carbonyl (C=O) groups excluding carboxylic acids is 3. The number of anilines is 1. The van der Waals surface area contributed by atoms with Gasteiger partial charge in [-0.3, -0.25) is 14.4 Å². The predicted octanol–water partition coefficient (Wildman–Crippen LogP) is 2.13. The van der Waals surface area contributed by atoms with E-state index in [-0.39, 0.29) is 23.6 Å². The summed E-state index contributed by atoms with van der Waals surface area (Å²) in [6.45, 7) is 6.56. The fourth-order valence-corrected chi connectivity index (χ4v) is 3.56. The van der Waals surface area contributed by atoms with Crippen molar-refractivity contribution in [2.24, 2.45) is 5.92 Å². The summed E-state index contributed by atoms with van der Waals surface area (Å²) >= 11 is 0. The van der Waals surface area contributed by atoms with E-state index >= 15 is 0 Å². The molecule has 1 aromatic carbocycles. The molecule has 0 bridgehead atoms. The van der Waals surface area contributed by atoms with Gasteiger partial charge in [0.1, 0.15) is 5.75 Å². The molecule has 1 N–H and O–H groups in total. The summed E-state index contributed by atoms with van der Waals surface area (Å²) in [6, 6.07) is 5.12. The van der Waals surface area contributed by atoms with Gasteiger partial charge < -0.3 is 19.9 Å². The highest BCUT2D eigenvalue weighted by Crippen LogP contribution is 2.28. The summed E-state index contributed by atoms with van der Waals surface area (Å²) in [5.41, 5.74) is 1.05. The van der Waals surface area contributed by atoms with Gasteiger partial charge in [0, 0.05) is 37.7 Å². The first-order valence-electron chi connectivity index (χ1n) is 9.68. The first kappa shape index (κ1) is 19.2. The van der Waals surface area contributed by atoms with Gasteiger partial charge in [0.15, 0.2) is 0 Å². The van der Waals surface area contributed by atoms with E-state index in [0.717, 1.165) is 12.8 Å². The summed E-state index contributed by atoms with van der Waals surface area (Å²) in [6.07, 6.45) is 1.99. The number of rotatable bonds is 4. The number of nitrogens with zero attached hydrogens (tertiary/aromatic N) is 2. The van der Waals surface area contributed by atoms with E-state index in [1.165, 1.54) is 0 Å². The second-order valence-corrected chi connectivity index (χ2v) is 6.99. The highest BCUT2D eigenvalue weighted by molar-refractivity contribution is 5.98. The van der Waals surface area contributed by atoms with Crippen LogP contribution in [0.25, 0.3) is 0 Å². The normalized spacial score (nSPS) is 17.1. The van der Waals surface area contributed by atoms with Crippen LogP contribution in [0.5, 0.6) is 5.75 Å². The molecule has 27 heavy (non-hydrogen) atoms. The monoisotopic (exact) mass is 373 g/mol. The van der Waals surface area contributed by atoms with E-state index in [4.69, 9.17) is 4.74 Å². The number of fused-ring (bicyclic) bond motifs is 1. The fraction of sp³-hybridized carbons (Fsp3) is 0.550. The molecule has 7 heteroatoms. The molecule has 0 atom stereocenters. The molecule has 1 aromatic rings. The minimum Gasteiger partial charge on any atom is -0.491 e. The zero-order valence-corrected chi connectivity index (χ0v) is 16.0. The Morgan fingerprint density at radius 3 is 2.44 bits per heavy atom. The minimum absolute atomic E-state index is 0.0699. The topological polar surface area (TPSA) is 79.0 Å². The van der Waals surface area contributed by atoms with E-state index in [2.05, 4.69) is 5.32 Å². The Morgan fingerprint density at radius 2 is 1.78 bits per heavy atom. The Bertz CT molecular complexity index is 722. The zero-order chi connectivity index (χ0) is 19.4. The van der Waals surface area contributed by atoms with Gasteiger partial charge in [0.2, 0.25) is 11.8 Å². The lowest BCUT2D eigenvalue weighted by molar-refractivity contribution is -0.137. The molecule has 0 saturated carbocycles. The number of benzene rings is 1. The smallest absolute Gasteiger partial charge is 0.254 e. The lowest BCUT2D eigenvalue weighted by Crippen LogP contribution is -2.51. The molecule has 2 aliphatic heterocycles. The maximum atomic E-state index is 12.8. The lowest BCUT2D eigenvalue weighted by Gasteiger charge is -2.36. The SMILES string of the molecule is CCC(CC)C(=O)N1CCN(C(=O)c2ccc3c(c2)NC(=O)CCO3)CC1. The quantitative estimate of drug-likeness (QED) is 0.877. The summed E-state index contributed by atoms with van der Waals surface area (Å²) in [7, 11) is 0. The Balaban J connectivity index is 1.64. The number of amides is 3. The number of hydrogen-bond acceptors (Lipinski definition) is 4. The molecule has 0 radical (unpaired) electrons. The third kappa shape index (κ3) is 4.23. The van der Waals surface area contributed by atoms with E-state index in [1.54, 1.807) is 23.1 Å². The minimum atomic E-state index is -0.119.